The molecule has 0 aromatic heterocycles. The second-order valence-electron chi connectivity index (χ2n) is 6.15. The zero-order valence-electron chi connectivity index (χ0n) is 13.1. The Morgan fingerprint density at radius 1 is 1.24 bits per heavy atom. The van der Waals surface area contributed by atoms with E-state index >= 15 is 0 Å². The molecular weight excluding hydrogens is 284 g/mol. The SMILES string of the molecule is CC(CNS(=O)(=O)c1ccc(C#CCN)cc1)C(C)(C)C. The summed E-state index contributed by atoms with van der Waals surface area (Å²) >= 11 is 0. The number of rotatable bonds is 4. The van der Waals surface area contributed by atoms with Gasteiger partial charge in [0.05, 0.1) is 11.4 Å². The Balaban J connectivity index is 2.79. The number of benzene rings is 1. The topological polar surface area (TPSA) is 72.2 Å². The fourth-order valence-corrected chi connectivity index (χ4v) is 2.63. The Labute approximate surface area is 128 Å². The van der Waals surface area contributed by atoms with Gasteiger partial charge in [-0.1, -0.05) is 39.5 Å². The molecule has 3 N–H and O–H groups in total. The van der Waals surface area contributed by atoms with Gasteiger partial charge in [0, 0.05) is 12.1 Å². The minimum Gasteiger partial charge on any atom is -0.320 e. The van der Waals surface area contributed by atoms with Crippen LogP contribution in [-0.4, -0.2) is 21.5 Å². The van der Waals surface area contributed by atoms with Crippen LogP contribution in [0.5, 0.6) is 0 Å². The molecule has 116 valence electrons. The van der Waals surface area contributed by atoms with Gasteiger partial charge in [-0.25, -0.2) is 13.1 Å². The van der Waals surface area contributed by atoms with Gasteiger partial charge in [-0.3, -0.25) is 0 Å². The fourth-order valence-electron chi connectivity index (χ4n) is 1.49. The van der Waals surface area contributed by atoms with E-state index in [1.54, 1.807) is 24.3 Å². The Morgan fingerprint density at radius 3 is 2.29 bits per heavy atom. The van der Waals surface area contributed by atoms with Crippen molar-refractivity contribution in [2.75, 3.05) is 13.1 Å². The monoisotopic (exact) mass is 308 g/mol. The van der Waals surface area contributed by atoms with Crippen LogP contribution in [0.3, 0.4) is 0 Å². The molecule has 0 spiro atoms. The normalized spacial score (nSPS) is 13.4. The van der Waals surface area contributed by atoms with Crippen LogP contribution in [0.2, 0.25) is 0 Å². The van der Waals surface area contributed by atoms with Crippen molar-refractivity contribution in [1.29, 1.82) is 0 Å². The van der Waals surface area contributed by atoms with Crippen molar-refractivity contribution in [3.8, 4) is 11.8 Å². The van der Waals surface area contributed by atoms with Gasteiger partial charge in [0.15, 0.2) is 0 Å². The van der Waals surface area contributed by atoms with Crippen molar-refractivity contribution >= 4 is 10.0 Å². The highest BCUT2D eigenvalue weighted by Gasteiger charge is 2.22. The number of nitrogens with one attached hydrogen (secondary N) is 1. The number of sulfonamides is 1. The third-order valence-corrected chi connectivity index (χ3v) is 5.00. The van der Waals surface area contributed by atoms with E-state index in [9.17, 15) is 8.42 Å². The van der Waals surface area contributed by atoms with Crippen LogP contribution in [-0.2, 0) is 10.0 Å². The largest absolute Gasteiger partial charge is 0.320 e. The van der Waals surface area contributed by atoms with E-state index in [0.29, 0.717) is 6.54 Å². The van der Waals surface area contributed by atoms with E-state index in [0.717, 1.165) is 5.56 Å². The van der Waals surface area contributed by atoms with Gasteiger partial charge < -0.3 is 5.73 Å². The van der Waals surface area contributed by atoms with Crippen molar-refractivity contribution in [1.82, 2.24) is 4.72 Å². The summed E-state index contributed by atoms with van der Waals surface area (Å²) in [6.45, 7) is 9.02. The lowest BCUT2D eigenvalue weighted by Crippen LogP contribution is -2.33. The second-order valence-corrected chi connectivity index (χ2v) is 7.92. The summed E-state index contributed by atoms with van der Waals surface area (Å²) in [7, 11) is -3.48. The van der Waals surface area contributed by atoms with Gasteiger partial charge in [-0.15, -0.1) is 0 Å². The lowest BCUT2D eigenvalue weighted by atomic mass is 9.82. The molecule has 0 fully saturated rings. The van der Waals surface area contributed by atoms with E-state index in [1.165, 1.54) is 0 Å². The first-order valence-electron chi connectivity index (χ1n) is 6.95. The molecule has 1 aromatic rings. The van der Waals surface area contributed by atoms with Gasteiger partial charge in [-0.05, 0) is 35.6 Å². The smallest absolute Gasteiger partial charge is 0.240 e. The third kappa shape index (κ3) is 5.50. The molecule has 0 bridgehead atoms. The van der Waals surface area contributed by atoms with E-state index in [1.807, 2.05) is 6.92 Å². The molecule has 0 heterocycles. The van der Waals surface area contributed by atoms with Crippen molar-refractivity contribution < 1.29 is 8.42 Å². The minimum absolute atomic E-state index is 0.0597. The summed E-state index contributed by atoms with van der Waals surface area (Å²) in [4.78, 5) is 0.252. The summed E-state index contributed by atoms with van der Waals surface area (Å²) in [6, 6.07) is 6.49. The minimum atomic E-state index is -3.48. The lowest BCUT2D eigenvalue weighted by Gasteiger charge is -2.27. The summed E-state index contributed by atoms with van der Waals surface area (Å²) < 4.78 is 27.1. The number of nitrogens with two attached hydrogens (primary N) is 1. The summed E-state index contributed by atoms with van der Waals surface area (Å²) in [6.07, 6.45) is 0. The average molecular weight is 308 g/mol. The van der Waals surface area contributed by atoms with Crippen LogP contribution in [0.25, 0.3) is 0 Å². The molecule has 1 atom stereocenters. The molecule has 0 amide bonds. The highest BCUT2D eigenvalue weighted by molar-refractivity contribution is 7.89. The van der Waals surface area contributed by atoms with Crippen molar-refractivity contribution in [3.05, 3.63) is 29.8 Å². The van der Waals surface area contributed by atoms with Crippen LogP contribution < -0.4 is 10.5 Å². The van der Waals surface area contributed by atoms with E-state index < -0.39 is 10.0 Å². The van der Waals surface area contributed by atoms with Crippen LogP contribution in [0.4, 0.5) is 0 Å². The Bertz CT molecular complexity index is 617. The van der Waals surface area contributed by atoms with Crippen LogP contribution in [0, 0.1) is 23.2 Å². The molecule has 0 aliphatic rings. The van der Waals surface area contributed by atoms with Crippen LogP contribution >= 0.6 is 0 Å². The van der Waals surface area contributed by atoms with Gasteiger partial charge in [-0.2, -0.15) is 0 Å². The number of hydrogen-bond donors (Lipinski definition) is 2. The van der Waals surface area contributed by atoms with E-state index in [-0.39, 0.29) is 22.8 Å². The Morgan fingerprint density at radius 2 is 1.81 bits per heavy atom. The molecule has 0 aliphatic carbocycles. The summed E-state index contributed by atoms with van der Waals surface area (Å²) in [5, 5.41) is 0. The maximum atomic E-state index is 12.2. The maximum Gasteiger partial charge on any atom is 0.240 e. The first kappa shape index (κ1) is 17.7. The van der Waals surface area contributed by atoms with Crippen molar-refractivity contribution in [3.63, 3.8) is 0 Å². The molecule has 1 aromatic carbocycles. The third-order valence-electron chi connectivity index (χ3n) is 3.56. The quantitative estimate of drug-likeness (QED) is 0.835. The van der Waals surface area contributed by atoms with Gasteiger partial charge in [0.2, 0.25) is 10.0 Å². The average Bonchev–Trinajstić information content (AvgIpc) is 2.42. The molecule has 5 heteroatoms. The van der Waals surface area contributed by atoms with Crippen LogP contribution in [0.15, 0.2) is 29.2 Å². The highest BCUT2D eigenvalue weighted by Crippen LogP contribution is 2.24. The highest BCUT2D eigenvalue weighted by atomic mass is 32.2. The molecule has 0 radical (unpaired) electrons. The second kappa shape index (κ2) is 7.08. The molecular formula is C16H24N2O2S. The standard InChI is InChI=1S/C16H24N2O2S/c1-13(16(2,3)4)12-18-21(19,20)15-9-7-14(8-10-15)6-5-11-17/h7-10,13,18H,11-12,17H2,1-4H3. The first-order valence-corrected chi connectivity index (χ1v) is 8.44. The molecule has 4 nitrogen and oxygen atoms in total. The summed E-state index contributed by atoms with van der Waals surface area (Å²) in [5.41, 5.74) is 6.11. The molecule has 0 saturated heterocycles. The van der Waals surface area contributed by atoms with Crippen molar-refractivity contribution in [2.24, 2.45) is 17.1 Å². The van der Waals surface area contributed by atoms with Gasteiger partial charge in [0.1, 0.15) is 0 Å². The molecule has 0 saturated carbocycles. The van der Waals surface area contributed by atoms with Crippen molar-refractivity contribution in [2.45, 2.75) is 32.6 Å². The van der Waals surface area contributed by atoms with E-state index in [4.69, 9.17) is 5.73 Å². The predicted molar refractivity (Wildman–Crippen MR) is 86.2 cm³/mol. The predicted octanol–water partition coefficient (Wildman–Crippen LogP) is 1.96. The fraction of sp³-hybridized carbons (Fsp3) is 0.500. The zero-order chi connectivity index (χ0) is 16.1. The molecule has 1 unspecified atom stereocenters. The number of hydrogen-bond acceptors (Lipinski definition) is 3. The Kier molecular flexibility index (Phi) is 5.97. The maximum absolute atomic E-state index is 12.2. The molecule has 21 heavy (non-hydrogen) atoms. The Hall–Kier alpha value is -1.35. The van der Waals surface area contributed by atoms with E-state index in [2.05, 4.69) is 37.3 Å². The zero-order valence-corrected chi connectivity index (χ0v) is 13.9. The lowest BCUT2D eigenvalue weighted by molar-refractivity contribution is 0.263. The summed E-state index contributed by atoms with van der Waals surface area (Å²) in [5.74, 6) is 5.83. The first-order chi connectivity index (χ1) is 9.66. The van der Waals surface area contributed by atoms with Gasteiger partial charge in [0.25, 0.3) is 0 Å². The molecule has 0 aliphatic heterocycles. The van der Waals surface area contributed by atoms with Crippen LogP contribution in [0.1, 0.15) is 33.3 Å². The van der Waals surface area contributed by atoms with Gasteiger partial charge >= 0.3 is 0 Å². The molecule has 1 rings (SSSR count).